The van der Waals surface area contributed by atoms with Crippen molar-refractivity contribution < 1.29 is 0 Å². The molecule has 4 nitrogen and oxygen atoms in total. The van der Waals surface area contributed by atoms with E-state index < -0.39 is 0 Å². The predicted molar refractivity (Wildman–Crippen MR) is 82.1 cm³/mol. The molecule has 1 aliphatic heterocycles. The second-order valence-electron chi connectivity index (χ2n) is 5.18. The fourth-order valence-electron chi connectivity index (χ4n) is 2.87. The van der Waals surface area contributed by atoms with Crippen molar-refractivity contribution in [3.05, 3.63) is 58.5 Å². The monoisotopic (exact) mass is 269 g/mol. The summed E-state index contributed by atoms with van der Waals surface area (Å²) >= 11 is 0. The van der Waals surface area contributed by atoms with E-state index in [-0.39, 0.29) is 5.56 Å². The topological polar surface area (TPSA) is 51.3 Å². The van der Waals surface area contributed by atoms with Gasteiger partial charge in [0.2, 0.25) is 0 Å². The first-order valence-corrected chi connectivity index (χ1v) is 7.03. The number of hydrogen-bond acceptors (Lipinski definition) is 3. The summed E-state index contributed by atoms with van der Waals surface area (Å²) in [7, 11) is 0. The molecule has 0 unspecified atom stereocenters. The van der Waals surface area contributed by atoms with Crippen LogP contribution in [0.1, 0.15) is 12.0 Å². The molecule has 0 saturated heterocycles. The Morgan fingerprint density at radius 1 is 1.10 bits per heavy atom. The van der Waals surface area contributed by atoms with E-state index in [9.17, 15) is 4.79 Å². The average molecular weight is 269 g/mol. The predicted octanol–water partition coefficient (Wildman–Crippen LogP) is 1.88. The molecule has 3 rings (SSSR count). The van der Waals surface area contributed by atoms with Crippen molar-refractivity contribution in [1.29, 1.82) is 0 Å². The Morgan fingerprint density at radius 3 is 2.85 bits per heavy atom. The standard InChI is InChI=1S/C16H19N3O/c17-14-7-3-5-13-6-4-10-19(16(13)14)12-11-18-9-2-1-8-15(18)20/h1-3,5,7-9H,4,6,10-12,17H2. The lowest BCUT2D eigenvalue weighted by molar-refractivity contribution is 0.611. The van der Waals surface area contributed by atoms with Gasteiger partial charge in [-0.1, -0.05) is 18.2 Å². The van der Waals surface area contributed by atoms with Gasteiger partial charge in [0.1, 0.15) is 0 Å². The minimum Gasteiger partial charge on any atom is -0.397 e. The van der Waals surface area contributed by atoms with Crippen LogP contribution in [0, 0.1) is 0 Å². The first-order chi connectivity index (χ1) is 9.75. The van der Waals surface area contributed by atoms with Crippen molar-refractivity contribution in [2.45, 2.75) is 19.4 Å². The highest BCUT2D eigenvalue weighted by Gasteiger charge is 2.18. The molecule has 0 bridgehead atoms. The van der Waals surface area contributed by atoms with Crippen molar-refractivity contribution in [2.24, 2.45) is 0 Å². The molecular weight excluding hydrogens is 250 g/mol. The minimum absolute atomic E-state index is 0.0470. The highest BCUT2D eigenvalue weighted by molar-refractivity contribution is 5.72. The van der Waals surface area contributed by atoms with Crippen LogP contribution in [0.4, 0.5) is 11.4 Å². The first kappa shape index (κ1) is 12.8. The summed E-state index contributed by atoms with van der Waals surface area (Å²) in [5.74, 6) is 0. The molecule has 1 aliphatic rings. The van der Waals surface area contributed by atoms with E-state index in [2.05, 4.69) is 11.0 Å². The van der Waals surface area contributed by atoms with Crippen LogP contribution in [0.25, 0.3) is 0 Å². The number of hydrogen-bond donors (Lipinski definition) is 1. The number of fused-ring (bicyclic) bond motifs is 1. The second kappa shape index (κ2) is 5.41. The molecule has 2 heterocycles. The lowest BCUT2D eigenvalue weighted by atomic mass is 10.0. The molecule has 0 radical (unpaired) electrons. The van der Waals surface area contributed by atoms with Gasteiger partial charge in [-0.05, 0) is 30.5 Å². The normalized spacial score (nSPS) is 14.1. The minimum atomic E-state index is 0.0470. The molecule has 20 heavy (non-hydrogen) atoms. The van der Waals surface area contributed by atoms with Crippen molar-refractivity contribution in [3.8, 4) is 0 Å². The molecule has 0 amide bonds. The zero-order valence-corrected chi connectivity index (χ0v) is 11.5. The molecule has 2 N–H and O–H groups in total. The van der Waals surface area contributed by atoms with Crippen LogP contribution in [0.2, 0.25) is 0 Å². The Bertz CT molecular complexity index is 663. The molecule has 0 atom stereocenters. The maximum Gasteiger partial charge on any atom is 0.250 e. The highest BCUT2D eigenvalue weighted by Crippen LogP contribution is 2.32. The number of nitrogens with two attached hydrogens (primary N) is 1. The average Bonchev–Trinajstić information content (AvgIpc) is 2.46. The molecule has 4 heteroatoms. The lowest BCUT2D eigenvalue weighted by Gasteiger charge is -2.32. The Morgan fingerprint density at radius 2 is 2.00 bits per heavy atom. The third-order valence-electron chi connectivity index (χ3n) is 3.85. The zero-order chi connectivity index (χ0) is 13.9. The number of aromatic nitrogens is 1. The van der Waals surface area contributed by atoms with Gasteiger partial charge in [0.25, 0.3) is 5.56 Å². The van der Waals surface area contributed by atoms with Crippen LogP contribution in [-0.2, 0) is 13.0 Å². The van der Waals surface area contributed by atoms with E-state index >= 15 is 0 Å². The van der Waals surface area contributed by atoms with E-state index in [1.54, 1.807) is 16.7 Å². The van der Waals surface area contributed by atoms with Gasteiger partial charge in [-0.3, -0.25) is 4.79 Å². The maximum absolute atomic E-state index is 11.7. The van der Waals surface area contributed by atoms with Gasteiger partial charge in [-0.25, -0.2) is 0 Å². The molecule has 0 aliphatic carbocycles. The Hall–Kier alpha value is -2.23. The van der Waals surface area contributed by atoms with E-state index in [4.69, 9.17) is 5.73 Å². The van der Waals surface area contributed by atoms with Crippen molar-refractivity contribution in [3.63, 3.8) is 0 Å². The summed E-state index contributed by atoms with van der Waals surface area (Å²) in [6.07, 6.45) is 4.06. The fraction of sp³-hybridized carbons (Fsp3) is 0.312. The summed E-state index contributed by atoms with van der Waals surface area (Å²) in [6, 6.07) is 11.4. The van der Waals surface area contributed by atoms with Crippen LogP contribution in [-0.4, -0.2) is 17.7 Å². The molecular formula is C16H19N3O. The summed E-state index contributed by atoms with van der Waals surface area (Å²) < 4.78 is 1.74. The third kappa shape index (κ3) is 2.41. The SMILES string of the molecule is Nc1cccc2c1N(CCn1ccccc1=O)CCC2. The number of benzene rings is 1. The second-order valence-corrected chi connectivity index (χ2v) is 5.18. The third-order valence-corrected chi connectivity index (χ3v) is 3.85. The molecule has 104 valence electrons. The van der Waals surface area contributed by atoms with Crippen molar-refractivity contribution >= 4 is 11.4 Å². The smallest absolute Gasteiger partial charge is 0.250 e. The van der Waals surface area contributed by atoms with E-state index in [1.165, 1.54) is 5.56 Å². The number of pyridine rings is 1. The summed E-state index contributed by atoms with van der Waals surface area (Å²) in [6.45, 7) is 2.50. The Balaban J connectivity index is 1.80. The van der Waals surface area contributed by atoms with Gasteiger partial charge in [-0.15, -0.1) is 0 Å². The van der Waals surface area contributed by atoms with Gasteiger partial charge in [0, 0.05) is 31.9 Å². The van der Waals surface area contributed by atoms with E-state index in [0.717, 1.165) is 37.3 Å². The highest BCUT2D eigenvalue weighted by atomic mass is 16.1. The summed E-state index contributed by atoms with van der Waals surface area (Å²) in [5, 5.41) is 0. The van der Waals surface area contributed by atoms with E-state index in [1.807, 2.05) is 24.4 Å². The quantitative estimate of drug-likeness (QED) is 0.866. The summed E-state index contributed by atoms with van der Waals surface area (Å²) in [4.78, 5) is 14.0. The van der Waals surface area contributed by atoms with Crippen molar-refractivity contribution in [1.82, 2.24) is 4.57 Å². The van der Waals surface area contributed by atoms with Gasteiger partial charge < -0.3 is 15.2 Å². The van der Waals surface area contributed by atoms with Crippen LogP contribution in [0.15, 0.2) is 47.4 Å². The largest absolute Gasteiger partial charge is 0.397 e. The van der Waals surface area contributed by atoms with Gasteiger partial charge in [0.15, 0.2) is 0 Å². The van der Waals surface area contributed by atoms with Crippen LogP contribution in [0.3, 0.4) is 0 Å². The Labute approximate surface area is 118 Å². The number of para-hydroxylation sites is 1. The van der Waals surface area contributed by atoms with E-state index in [0.29, 0.717) is 6.54 Å². The van der Waals surface area contributed by atoms with Gasteiger partial charge in [-0.2, -0.15) is 0 Å². The lowest BCUT2D eigenvalue weighted by Crippen LogP contribution is -2.34. The molecule has 1 aromatic carbocycles. The van der Waals surface area contributed by atoms with Gasteiger partial charge >= 0.3 is 0 Å². The Kier molecular flexibility index (Phi) is 3.46. The number of aryl methyl sites for hydroxylation is 1. The van der Waals surface area contributed by atoms with Crippen LogP contribution in [0.5, 0.6) is 0 Å². The number of nitrogens with zero attached hydrogens (tertiary/aromatic N) is 2. The number of anilines is 2. The van der Waals surface area contributed by atoms with Gasteiger partial charge in [0.05, 0.1) is 11.4 Å². The molecule has 1 aromatic heterocycles. The molecule has 2 aromatic rings. The fourth-order valence-corrected chi connectivity index (χ4v) is 2.87. The first-order valence-electron chi connectivity index (χ1n) is 7.03. The van der Waals surface area contributed by atoms with Crippen LogP contribution >= 0.6 is 0 Å². The summed E-state index contributed by atoms with van der Waals surface area (Å²) in [5.41, 5.74) is 9.47. The number of rotatable bonds is 3. The maximum atomic E-state index is 11.7. The zero-order valence-electron chi connectivity index (χ0n) is 11.5. The number of nitrogen functional groups attached to an aromatic ring is 1. The molecule has 0 saturated carbocycles. The molecule has 0 fully saturated rings. The van der Waals surface area contributed by atoms with Crippen LogP contribution < -0.4 is 16.2 Å². The van der Waals surface area contributed by atoms with Crippen molar-refractivity contribution in [2.75, 3.05) is 23.7 Å². The molecule has 0 spiro atoms.